The Kier molecular flexibility index (Phi) is 5.65. The van der Waals surface area contributed by atoms with Crippen molar-refractivity contribution in [3.63, 3.8) is 0 Å². The van der Waals surface area contributed by atoms with Crippen molar-refractivity contribution in [2.45, 2.75) is 25.8 Å². The van der Waals surface area contributed by atoms with E-state index in [1.165, 1.54) is 17.5 Å². The third-order valence-electron chi connectivity index (χ3n) is 4.71. The van der Waals surface area contributed by atoms with Gasteiger partial charge in [-0.3, -0.25) is 9.69 Å². The third-order valence-corrected chi connectivity index (χ3v) is 4.71. The smallest absolute Gasteiger partial charge is 0.237 e. The molecule has 0 bridgehead atoms. The van der Waals surface area contributed by atoms with Gasteiger partial charge < -0.3 is 4.90 Å². The minimum absolute atomic E-state index is 0.00762. The summed E-state index contributed by atoms with van der Waals surface area (Å²) in [6, 6.07) is 20.7. The van der Waals surface area contributed by atoms with Crippen molar-refractivity contribution >= 4 is 5.91 Å². The van der Waals surface area contributed by atoms with Crippen LogP contribution in [0.4, 0.5) is 0 Å². The van der Waals surface area contributed by atoms with Gasteiger partial charge in [0.05, 0.1) is 12.6 Å². The molecule has 1 saturated heterocycles. The van der Waals surface area contributed by atoms with Gasteiger partial charge in [0, 0.05) is 13.1 Å². The van der Waals surface area contributed by atoms with Crippen LogP contribution in [-0.2, 0) is 4.79 Å². The molecular formula is C21H26N2O. The van der Waals surface area contributed by atoms with Crippen LogP contribution in [0.25, 0.3) is 0 Å². The molecule has 1 aliphatic rings. The maximum atomic E-state index is 12.8. The van der Waals surface area contributed by atoms with Gasteiger partial charge in [-0.15, -0.1) is 0 Å². The van der Waals surface area contributed by atoms with Gasteiger partial charge >= 0.3 is 0 Å². The summed E-state index contributed by atoms with van der Waals surface area (Å²) < 4.78 is 0. The van der Waals surface area contributed by atoms with Crippen molar-refractivity contribution in [2.24, 2.45) is 0 Å². The molecule has 1 aliphatic heterocycles. The van der Waals surface area contributed by atoms with Crippen molar-refractivity contribution < 1.29 is 4.79 Å². The molecule has 2 aromatic rings. The van der Waals surface area contributed by atoms with E-state index in [4.69, 9.17) is 0 Å². The predicted octanol–water partition coefficient (Wildman–Crippen LogP) is 3.72. The van der Waals surface area contributed by atoms with E-state index in [9.17, 15) is 4.79 Å². The zero-order valence-corrected chi connectivity index (χ0v) is 14.4. The number of carbonyl (C=O) groups excluding carboxylic acids is 1. The molecule has 2 aromatic carbocycles. The maximum Gasteiger partial charge on any atom is 0.237 e. The molecule has 0 aromatic heterocycles. The first-order valence-electron chi connectivity index (χ1n) is 8.91. The Bertz CT molecular complexity index is 602. The summed E-state index contributed by atoms with van der Waals surface area (Å²) in [6.45, 7) is 5.51. The Morgan fingerprint density at radius 2 is 1.50 bits per heavy atom. The van der Waals surface area contributed by atoms with Gasteiger partial charge in [-0.1, -0.05) is 74.0 Å². The molecule has 24 heavy (non-hydrogen) atoms. The minimum atomic E-state index is 0.00762. The van der Waals surface area contributed by atoms with E-state index in [0.29, 0.717) is 6.54 Å². The SMILES string of the molecule is CCCCN1CCN(C(c2ccccc2)c2ccccc2)C(=O)C1. The van der Waals surface area contributed by atoms with Crippen LogP contribution in [0.1, 0.15) is 36.9 Å². The number of nitrogens with zero attached hydrogens (tertiary/aromatic N) is 2. The van der Waals surface area contributed by atoms with Crippen molar-refractivity contribution in [3.8, 4) is 0 Å². The van der Waals surface area contributed by atoms with E-state index in [-0.39, 0.29) is 11.9 Å². The van der Waals surface area contributed by atoms with E-state index < -0.39 is 0 Å². The fraction of sp³-hybridized carbons (Fsp3) is 0.381. The molecule has 1 fully saturated rings. The van der Waals surface area contributed by atoms with Gasteiger partial charge in [-0.05, 0) is 24.1 Å². The predicted molar refractivity (Wildman–Crippen MR) is 97.8 cm³/mol. The highest BCUT2D eigenvalue weighted by Crippen LogP contribution is 2.29. The topological polar surface area (TPSA) is 23.6 Å². The number of amides is 1. The van der Waals surface area contributed by atoms with Gasteiger partial charge in [0.2, 0.25) is 5.91 Å². The Morgan fingerprint density at radius 1 is 0.917 bits per heavy atom. The van der Waals surface area contributed by atoms with Crippen LogP contribution in [0.3, 0.4) is 0 Å². The lowest BCUT2D eigenvalue weighted by Crippen LogP contribution is -2.51. The van der Waals surface area contributed by atoms with Crippen molar-refractivity contribution in [1.82, 2.24) is 9.80 Å². The van der Waals surface area contributed by atoms with E-state index in [0.717, 1.165) is 26.1 Å². The van der Waals surface area contributed by atoms with Crippen LogP contribution in [-0.4, -0.2) is 41.9 Å². The highest BCUT2D eigenvalue weighted by atomic mass is 16.2. The van der Waals surface area contributed by atoms with Crippen LogP contribution >= 0.6 is 0 Å². The summed E-state index contributed by atoms with van der Waals surface area (Å²) in [4.78, 5) is 17.2. The summed E-state index contributed by atoms with van der Waals surface area (Å²) in [6.07, 6.45) is 2.33. The monoisotopic (exact) mass is 322 g/mol. The summed E-state index contributed by atoms with van der Waals surface area (Å²) in [5.41, 5.74) is 2.36. The first kappa shape index (κ1) is 16.7. The number of hydrogen-bond acceptors (Lipinski definition) is 2. The summed E-state index contributed by atoms with van der Waals surface area (Å²) in [5.74, 6) is 0.232. The Labute approximate surface area is 144 Å². The first-order chi connectivity index (χ1) is 11.8. The molecule has 0 unspecified atom stereocenters. The summed E-state index contributed by atoms with van der Waals surface area (Å²) >= 11 is 0. The molecule has 1 heterocycles. The number of rotatable bonds is 6. The number of unbranched alkanes of at least 4 members (excludes halogenated alkanes) is 1. The quantitative estimate of drug-likeness (QED) is 0.809. The highest BCUT2D eigenvalue weighted by molar-refractivity contribution is 5.80. The maximum absolute atomic E-state index is 12.8. The number of carbonyl (C=O) groups is 1. The molecule has 126 valence electrons. The van der Waals surface area contributed by atoms with Gasteiger partial charge in [0.15, 0.2) is 0 Å². The van der Waals surface area contributed by atoms with Crippen LogP contribution in [0.15, 0.2) is 60.7 Å². The van der Waals surface area contributed by atoms with Gasteiger partial charge in [-0.25, -0.2) is 0 Å². The molecule has 0 spiro atoms. The molecular weight excluding hydrogens is 296 g/mol. The third kappa shape index (κ3) is 3.85. The molecule has 0 radical (unpaired) electrons. The average Bonchev–Trinajstić information content (AvgIpc) is 2.64. The van der Waals surface area contributed by atoms with Crippen LogP contribution in [0, 0.1) is 0 Å². The molecule has 3 nitrogen and oxygen atoms in total. The number of benzene rings is 2. The Balaban J connectivity index is 1.83. The second kappa shape index (κ2) is 8.11. The highest BCUT2D eigenvalue weighted by Gasteiger charge is 2.31. The number of piperazine rings is 1. The van der Waals surface area contributed by atoms with Crippen LogP contribution in [0.5, 0.6) is 0 Å². The average molecular weight is 322 g/mol. The standard InChI is InChI=1S/C21H26N2O/c1-2-3-14-22-15-16-23(20(24)17-22)21(18-10-6-4-7-11-18)19-12-8-5-9-13-19/h4-13,21H,2-3,14-17H2,1H3. The Hall–Kier alpha value is -2.13. The zero-order chi connectivity index (χ0) is 16.8. The second-order valence-corrected chi connectivity index (χ2v) is 6.44. The molecule has 3 heteroatoms. The molecule has 0 saturated carbocycles. The fourth-order valence-corrected chi connectivity index (χ4v) is 3.40. The van der Waals surface area contributed by atoms with Gasteiger partial charge in [-0.2, -0.15) is 0 Å². The normalized spacial score (nSPS) is 15.9. The number of hydrogen-bond donors (Lipinski definition) is 0. The van der Waals surface area contributed by atoms with E-state index in [1.54, 1.807) is 0 Å². The molecule has 0 N–H and O–H groups in total. The van der Waals surface area contributed by atoms with E-state index in [2.05, 4.69) is 36.1 Å². The van der Waals surface area contributed by atoms with E-state index >= 15 is 0 Å². The van der Waals surface area contributed by atoms with Crippen LogP contribution in [0.2, 0.25) is 0 Å². The molecule has 3 rings (SSSR count). The van der Waals surface area contributed by atoms with Crippen molar-refractivity contribution in [1.29, 1.82) is 0 Å². The van der Waals surface area contributed by atoms with E-state index in [1.807, 2.05) is 41.3 Å². The zero-order valence-electron chi connectivity index (χ0n) is 14.4. The lowest BCUT2D eigenvalue weighted by Gasteiger charge is -2.39. The molecule has 1 amide bonds. The molecule has 0 atom stereocenters. The lowest BCUT2D eigenvalue weighted by molar-refractivity contribution is -0.138. The molecule has 0 aliphatic carbocycles. The van der Waals surface area contributed by atoms with Crippen molar-refractivity contribution in [3.05, 3.63) is 71.8 Å². The second-order valence-electron chi connectivity index (χ2n) is 6.44. The lowest BCUT2D eigenvalue weighted by atomic mass is 9.96. The van der Waals surface area contributed by atoms with Gasteiger partial charge in [0.25, 0.3) is 0 Å². The Morgan fingerprint density at radius 3 is 2.00 bits per heavy atom. The first-order valence-corrected chi connectivity index (χ1v) is 8.91. The largest absolute Gasteiger partial charge is 0.329 e. The summed E-state index contributed by atoms with van der Waals surface area (Å²) in [5, 5.41) is 0. The fourth-order valence-electron chi connectivity index (χ4n) is 3.40. The summed E-state index contributed by atoms with van der Waals surface area (Å²) in [7, 11) is 0. The van der Waals surface area contributed by atoms with Crippen LogP contribution < -0.4 is 0 Å². The van der Waals surface area contributed by atoms with Crippen molar-refractivity contribution in [2.75, 3.05) is 26.2 Å². The minimum Gasteiger partial charge on any atom is -0.329 e. The van der Waals surface area contributed by atoms with Gasteiger partial charge in [0.1, 0.15) is 0 Å².